The van der Waals surface area contributed by atoms with Crippen LogP contribution in [0.3, 0.4) is 0 Å². The van der Waals surface area contributed by atoms with Crippen LogP contribution < -0.4 is 5.32 Å². The minimum atomic E-state index is 0.238. The Morgan fingerprint density at radius 2 is 2.07 bits per heavy atom. The number of amides is 1. The standard InChI is InChI=1S/C12H19NO/c1-2-3-7-10-13-12(14)11-8-5-4-6-9-11/h1,11H,3-10H2,(H,13,14). The van der Waals surface area contributed by atoms with Crippen LogP contribution in [0.5, 0.6) is 0 Å². The van der Waals surface area contributed by atoms with Crippen LogP contribution in [0.15, 0.2) is 0 Å². The first-order valence-electron chi connectivity index (χ1n) is 5.56. The average molecular weight is 193 g/mol. The van der Waals surface area contributed by atoms with E-state index in [0.29, 0.717) is 0 Å². The summed E-state index contributed by atoms with van der Waals surface area (Å²) < 4.78 is 0. The number of unbranched alkanes of at least 4 members (excludes halogenated alkanes) is 1. The van der Waals surface area contributed by atoms with E-state index in [2.05, 4.69) is 11.2 Å². The molecule has 0 spiro atoms. The highest BCUT2D eigenvalue weighted by Crippen LogP contribution is 2.23. The lowest BCUT2D eigenvalue weighted by Gasteiger charge is -2.20. The van der Waals surface area contributed by atoms with Crippen LogP contribution in [-0.4, -0.2) is 12.5 Å². The van der Waals surface area contributed by atoms with Gasteiger partial charge in [-0.25, -0.2) is 0 Å². The summed E-state index contributed by atoms with van der Waals surface area (Å²) in [6, 6.07) is 0. The van der Waals surface area contributed by atoms with Crippen LogP contribution in [-0.2, 0) is 4.79 Å². The lowest BCUT2D eigenvalue weighted by molar-refractivity contribution is -0.125. The van der Waals surface area contributed by atoms with E-state index >= 15 is 0 Å². The smallest absolute Gasteiger partial charge is 0.223 e. The van der Waals surface area contributed by atoms with E-state index in [1.165, 1.54) is 19.3 Å². The highest BCUT2D eigenvalue weighted by molar-refractivity contribution is 5.78. The zero-order valence-corrected chi connectivity index (χ0v) is 8.72. The molecule has 1 aliphatic carbocycles. The van der Waals surface area contributed by atoms with Crippen LogP contribution >= 0.6 is 0 Å². The van der Waals surface area contributed by atoms with Crippen molar-refractivity contribution in [1.29, 1.82) is 0 Å². The molecule has 2 heteroatoms. The molecule has 0 aromatic carbocycles. The van der Waals surface area contributed by atoms with Gasteiger partial charge in [-0.1, -0.05) is 19.3 Å². The maximum atomic E-state index is 11.6. The zero-order valence-electron chi connectivity index (χ0n) is 8.72. The Morgan fingerprint density at radius 1 is 1.36 bits per heavy atom. The van der Waals surface area contributed by atoms with Crippen molar-refractivity contribution in [3.05, 3.63) is 0 Å². The molecule has 1 rings (SSSR count). The average Bonchev–Trinajstić information content (AvgIpc) is 2.25. The van der Waals surface area contributed by atoms with Crippen LogP contribution in [0.2, 0.25) is 0 Å². The van der Waals surface area contributed by atoms with Gasteiger partial charge in [-0.15, -0.1) is 12.3 Å². The molecule has 0 aromatic rings. The van der Waals surface area contributed by atoms with Crippen molar-refractivity contribution in [2.24, 2.45) is 5.92 Å². The van der Waals surface area contributed by atoms with E-state index in [1.54, 1.807) is 0 Å². The van der Waals surface area contributed by atoms with Crippen molar-refractivity contribution >= 4 is 5.91 Å². The fourth-order valence-electron chi connectivity index (χ4n) is 1.91. The van der Waals surface area contributed by atoms with Gasteiger partial charge >= 0.3 is 0 Å². The molecule has 0 atom stereocenters. The molecule has 0 unspecified atom stereocenters. The fraction of sp³-hybridized carbons (Fsp3) is 0.750. The molecule has 0 aliphatic heterocycles. The van der Waals surface area contributed by atoms with Crippen molar-refractivity contribution in [3.63, 3.8) is 0 Å². The normalized spacial score (nSPS) is 17.4. The first-order chi connectivity index (χ1) is 6.84. The first kappa shape index (κ1) is 11.1. The topological polar surface area (TPSA) is 29.1 Å². The van der Waals surface area contributed by atoms with Crippen LogP contribution in [0.25, 0.3) is 0 Å². The van der Waals surface area contributed by atoms with Gasteiger partial charge in [0, 0.05) is 18.9 Å². The molecule has 1 saturated carbocycles. The maximum absolute atomic E-state index is 11.6. The number of nitrogens with one attached hydrogen (secondary N) is 1. The third-order valence-corrected chi connectivity index (χ3v) is 2.77. The van der Waals surface area contributed by atoms with Crippen molar-refractivity contribution in [2.45, 2.75) is 44.9 Å². The molecular formula is C12H19NO. The summed E-state index contributed by atoms with van der Waals surface area (Å²) in [6.45, 7) is 0.736. The second-order valence-corrected chi connectivity index (χ2v) is 3.93. The molecule has 0 heterocycles. The number of hydrogen-bond acceptors (Lipinski definition) is 1. The molecule has 1 amide bonds. The Morgan fingerprint density at radius 3 is 2.71 bits per heavy atom. The SMILES string of the molecule is C#CCCCNC(=O)C1CCCCC1. The van der Waals surface area contributed by atoms with Crippen LogP contribution in [0.4, 0.5) is 0 Å². The number of carbonyl (C=O) groups is 1. The predicted molar refractivity (Wildman–Crippen MR) is 57.7 cm³/mol. The molecule has 1 N–H and O–H groups in total. The molecule has 0 bridgehead atoms. The molecule has 78 valence electrons. The van der Waals surface area contributed by atoms with Crippen LogP contribution in [0, 0.1) is 18.3 Å². The van der Waals surface area contributed by atoms with Crippen molar-refractivity contribution in [2.75, 3.05) is 6.54 Å². The molecule has 1 fully saturated rings. The summed E-state index contributed by atoms with van der Waals surface area (Å²) in [5.74, 6) is 3.08. The quantitative estimate of drug-likeness (QED) is 0.537. The van der Waals surface area contributed by atoms with E-state index in [4.69, 9.17) is 6.42 Å². The Kier molecular flexibility index (Phi) is 5.14. The van der Waals surface area contributed by atoms with Crippen molar-refractivity contribution in [3.8, 4) is 12.3 Å². The van der Waals surface area contributed by atoms with Gasteiger partial charge in [0.05, 0.1) is 0 Å². The maximum Gasteiger partial charge on any atom is 0.223 e. The lowest BCUT2D eigenvalue weighted by atomic mass is 9.89. The van der Waals surface area contributed by atoms with Crippen LogP contribution in [0.1, 0.15) is 44.9 Å². The Balaban J connectivity index is 2.11. The molecular weight excluding hydrogens is 174 g/mol. The number of carbonyl (C=O) groups excluding carboxylic acids is 1. The van der Waals surface area contributed by atoms with Gasteiger partial charge in [0.25, 0.3) is 0 Å². The molecule has 1 aliphatic rings. The highest BCUT2D eigenvalue weighted by Gasteiger charge is 2.20. The summed E-state index contributed by atoms with van der Waals surface area (Å²) in [5, 5.41) is 2.95. The minimum Gasteiger partial charge on any atom is -0.356 e. The predicted octanol–water partition coefficient (Wildman–Crippen LogP) is 2.10. The van der Waals surface area contributed by atoms with E-state index in [0.717, 1.165) is 32.2 Å². The van der Waals surface area contributed by atoms with E-state index in [-0.39, 0.29) is 11.8 Å². The highest BCUT2D eigenvalue weighted by atomic mass is 16.1. The van der Waals surface area contributed by atoms with E-state index in [9.17, 15) is 4.79 Å². The summed E-state index contributed by atoms with van der Waals surface area (Å²) >= 11 is 0. The Labute approximate surface area is 86.5 Å². The van der Waals surface area contributed by atoms with E-state index < -0.39 is 0 Å². The number of hydrogen-bond donors (Lipinski definition) is 1. The first-order valence-corrected chi connectivity index (χ1v) is 5.56. The number of terminal acetylenes is 1. The molecule has 0 radical (unpaired) electrons. The Hall–Kier alpha value is -0.970. The summed E-state index contributed by atoms with van der Waals surface area (Å²) in [5.41, 5.74) is 0. The van der Waals surface area contributed by atoms with Gasteiger partial charge in [0.2, 0.25) is 5.91 Å². The fourth-order valence-corrected chi connectivity index (χ4v) is 1.91. The second-order valence-electron chi connectivity index (χ2n) is 3.93. The second kappa shape index (κ2) is 6.48. The number of rotatable bonds is 4. The lowest BCUT2D eigenvalue weighted by Crippen LogP contribution is -2.32. The van der Waals surface area contributed by atoms with Gasteiger partial charge in [-0.3, -0.25) is 4.79 Å². The van der Waals surface area contributed by atoms with Gasteiger partial charge in [0.15, 0.2) is 0 Å². The molecule has 2 nitrogen and oxygen atoms in total. The van der Waals surface area contributed by atoms with E-state index in [1.807, 2.05) is 0 Å². The van der Waals surface area contributed by atoms with Gasteiger partial charge in [-0.05, 0) is 19.3 Å². The summed E-state index contributed by atoms with van der Waals surface area (Å²) in [6.07, 6.45) is 12.6. The molecule has 14 heavy (non-hydrogen) atoms. The van der Waals surface area contributed by atoms with Gasteiger partial charge < -0.3 is 5.32 Å². The van der Waals surface area contributed by atoms with Crippen molar-refractivity contribution < 1.29 is 4.79 Å². The Bertz CT molecular complexity index is 211. The van der Waals surface area contributed by atoms with Crippen molar-refractivity contribution in [1.82, 2.24) is 5.32 Å². The van der Waals surface area contributed by atoms with Gasteiger partial charge in [0.1, 0.15) is 0 Å². The monoisotopic (exact) mass is 193 g/mol. The molecule has 0 aromatic heterocycles. The van der Waals surface area contributed by atoms with Gasteiger partial charge in [-0.2, -0.15) is 0 Å². The zero-order chi connectivity index (χ0) is 10.2. The third-order valence-electron chi connectivity index (χ3n) is 2.77. The largest absolute Gasteiger partial charge is 0.356 e. The third kappa shape index (κ3) is 3.83. The molecule has 0 saturated heterocycles. The summed E-state index contributed by atoms with van der Waals surface area (Å²) in [7, 11) is 0. The summed E-state index contributed by atoms with van der Waals surface area (Å²) in [4.78, 5) is 11.6. The minimum absolute atomic E-state index is 0.238.